The number of nitro benzene ring substituents is 1. The lowest BCUT2D eigenvalue weighted by Gasteiger charge is -2.47. The Balaban J connectivity index is 1.51. The van der Waals surface area contributed by atoms with Crippen molar-refractivity contribution in [3.63, 3.8) is 0 Å². The van der Waals surface area contributed by atoms with E-state index in [-0.39, 0.29) is 53.2 Å². The Kier molecular flexibility index (Phi) is 12.9. The highest BCUT2D eigenvalue weighted by Crippen LogP contribution is 2.47. The highest BCUT2D eigenvalue weighted by Gasteiger charge is 2.44. The van der Waals surface area contributed by atoms with Crippen LogP contribution in [0.25, 0.3) is 10.4 Å². The number of rotatable bonds is 13. The van der Waals surface area contributed by atoms with Crippen molar-refractivity contribution in [2.45, 2.75) is 77.3 Å². The topological polar surface area (TPSA) is 163 Å². The fourth-order valence-corrected chi connectivity index (χ4v) is 10.1. The van der Waals surface area contributed by atoms with E-state index in [1.807, 2.05) is 0 Å². The van der Waals surface area contributed by atoms with Crippen LogP contribution in [0.5, 0.6) is 5.75 Å². The number of carbonyl (C=O) groups excluding carboxylic acids is 3. The molecule has 13 nitrogen and oxygen atoms in total. The van der Waals surface area contributed by atoms with Crippen molar-refractivity contribution in [2.24, 2.45) is 0 Å². The van der Waals surface area contributed by atoms with E-state index in [1.54, 1.807) is 107 Å². The van der Waals surface area contributed by atoms with Crippen LogP contribution in [-0.4, -0.2) is 72.4 Å². The molecule has 1 saturated heterocycles. The Labute approximate surface area is 335 Å². The predicted octanol–water partition coefficient (Wildman–Crippen LogP) is 8.29. The molecule has 1 unspecified atom stereocenters. The molecule has 5 rings (SSSR count). The second-order valence-electron chi connectivity index (χ2n) is 14.8. The van der Waals surface area contributed by atoms with Gasteiger partial charge in [-0.2, -0.15) is 4.31 Å². The SMILES string of the molecule is CCOC(=O)COc1c(C(=O)OC(C)(C)C)sc(-c2cccc(N(C(=O)c3ccccc3)C3CCN(S(=O)(=O)Cc4cccc([N+](=O)[O-])c4)C(C)(C)C3)c2)c1Cl. The van der Waals surface area contributed by atoms with Crippen LogP contribution in [-0.2, 0) is 30.0 Å². The van der Waals surface area contributed by atoms with Crippen LogP contribution in [0.4, 0.5) is 11.4 Å². The van der Waals surface area contributed by atoms with Crippen LogP contribution >= 0.6 is 22.9 Å². The van der Waals surface area contributed by atoms with Crippen molar-refractivity contribution in [3.8, 4) is 16.2 Å². The van der Waals surface area contributed by atoms with Crippen molar-refractivity contribution in [3.05, 3.63) is 110 Å². The molecular formula is C40H44ClN3O10S2. The van der Waals surface area contributed by atoms with Crippen LogP contribution in [0.2, 0.25) is 5.02 Å². The van der Waals surface area contributed by atoms with Crippen LogP contribution in [0.3, 0.4) is 0 Å². The van der Waals surface area contributed by atoms with E-state index in [0.29, 0.717) is 27.3 Å². The molecule has 1 aromatic heterocycles. The zero-order valence-corrected chi connectivity index (χ0v) is 34.3. The zero-order chi connectivity index (χ0) is 41.0. The molecule has 4 aromatic rings. The number of amides is 1. The van der Waals surface area contributed by atoms with E-state index in [2.05, 4.69) is 0 Å². The molecule has 0 bridgehead atoms. The van der Waals surface area contributed by atoms with Crippen molar-refractivity contribution in [2.75, 3.05) is 24.7 Å². The molecule has 0 spiro atoms. The van der Waals surface area contributed by atoms with Crippen LogP contribution in [0.15, 0.2) is 78.9 Å². The number of piperidine rings is 1. The molecule has 0 saturated carbocycles. The van der Waals surface area contributed by atoms with E-state index in [4.69, 9.17) is 25.8 Å². The average molecular weight is 826 g/mol. The molecule has 56 heavy (non-hydrogen) atoms. The number of ether oxygens (including phenoxy) is 3. The first-order chi connectivity index (χ1) is 26.3. The van der Waals surface area contributed by atoms with Gasteiger partial charge in [0.25, 0.3) is 11.6 Å². The van der Waals surface area contributed by atoms with Gasteiger partial charge in [0.15, 0.2) is 17.2 Å². The summed E-state index contributed by atoms with van der Waals surface area (Å²) >= 11 is 7.93. The summed E-state index contributed by atoms with van der Waals surface area (Å²) < 4.78 is 45.5. The molecule has 1 atom stereocenters. The first kappa shape index (κ1) is 42.3. The molecule has 1 fully saturated rings. The van der Waals surface area contributed by atoms with E-state index >= 15 is 0 Å². The van der Waals surface area contributed by atoms with Crippen LogP contribution in [0.1, 0.15) is 80.0 Å². The number of anilines is 1. The highest BCUT2D eigenvalue weighted by atomic mass is 35.5. The lowest BCUT2D eigenvalue weighted by Crippen LogP contribution is -2.58. The third-order valence-electron chi connectivity index (χ3n) is 8.91. The minimum absolute atomic E-state index is 0.0305. The van der Waals surface area contributed by atoms with E-state index in [9.17, 15) is 32.9 Å². The highest BCUT2D eigenvalue weighted by molar-refractivity contribution is 7.88. The fraction of sp³-hybridized carbons (Fsp3) is 0.375. The van der Waals surface area contributed by atoms with Gasteiger partial charge in [0.05, 0.1) is 22.2 Å². The van der Waals surface area contributed by atoms with Gasteiger partial charge in [-0.15, -0.1) is 11.3 Å². The van der Waals surface area contributed by atoms with E-state index < -0.39 is 56.4 Å². The number of benzene rings is 3. The normalized spacial score (nSPS) is 15.8. The van der Waals surface area contributed by atoms with Gasteiger partial charge in [-0.1, -0.05) is 54.1 Å². The van der Waals surface area contributed by atoms with Gasteiger partial charge >= 0.3 is 11.9 Å². The zero-order valence-electron chi connectivity index (χ0n) is 31.9. The number of halogens is 1. The fourth-order valence-electron chi connectivity index (χ4n) is 6.65. The number of thiophene rings is 1. The summed E-state index contributed by atoms with van der Waals surface area (Å²) in [5.41, 5.74) is -0.218. The summed E-state index contributed by atoms with van der Waals surface area (Å²) in [6.45, 7) is 10.2. The van der Waals surface area contributed by atoms with Crippen molar-refractivity contribution >= 4 is 62.2 Å². The summed E-state index contributed by atoms with van der Waals surface area (Å²) in [6.07, 6.45) is 0.549. The first-order valence-electron chi connectivity index (χ1n) is 17.9. The Hall–Kier alpha value is -4.83. The number of nitrogens with zero attached hydrogens (tertiary/aromatic N) is 3. The van der Waals surface area contributed by atoms with Crippen molar-refractivity contribution in [1.29, 1.82) is 0 Å². The Morgan fingerprint density at radius 1 is 1.04 bits per heavy atom. The van der Waals surface area contributed by atoms with Gasteiger partial charge < -0.3 is 19.1 Å². The number of sulfonamides is 1. The molecule has 1 amide bonds. The number of hydrogen-bond acceptors (Lipinski definition) is 11. The second-order valence-corrected chi connectivity index (χ2v) is 18.1. The third kappa shape index (κ3) is 9.93. The van der Waals surface area contributed by atoms with Crippen LogP contribution < -0.4 is 9.64 Å². The molecule has 298 valence electrons. The molecule has 0 radical (unpaired) electrons. The molecule has 1 aliphatic rings. The Bertz CT molecular complexity index is 2220. The predicted molar refractivity (Wildman–Crippen MR) is 215 cm³/mol. The smallest absolute Gasteiger partial charge is 0.352 e. The molecule has 0 aliphatic carbocycles. The first-order valence-corrected chi connectivity index (χ1v) is 20.7. The Morgan fingerprint density at radius 2 is 1.73 bits per heavy atom. The van der Waals surface area contributed by atoms with E-state index in [0.717, 1.165) is 11.3 Å². The average Bonchev–Trinajstić information content (AvgIpc) is 3.46. The molecule has 0 N–H and O–H groups in total. The van der Waals surface area contributed by atoms with Crippen molar-refractivity contribution in [1.82, 2.24) is 4.31 Å². The number of esters is 2. The maximum Gasteiger partial charge on any atom is 0.352 e. The van der Waals surface area contributed by atoms with Gasteiger partial charge in [0, 0.05) is 41.5 Å². The third-order valence-corrected chi connectivity index (χ3v) is 12.6. The second kappa shape index (κ2) is 17.1. The molecule has 1 aliphatic heterocycles. The van der Waals surface area contributed by atoms with Gasteiger partial charge in [0.1, 0.15) is 10.6 Å². The number of non-ortho nitro benzene ring substituents is 1. The van der Waals surface area contributed by atoms with Crippen LogP contribution in [0, 0.1) is 10.1 Å². The molecule has 3 aromatic carbocycles. The van der Waals surface area contributed by atoms with Gasteiger partial charge in [-0.05, 0) is 89.8 Å². The summed E-state index contributed by atoms with van der Waals surface area (Å²) in [4.78, 5) is 53.0. The molecule has 2 heterocycles. The number of nitro groups is 1. The van der Waals surface area contributed by atoms with E-state index in [1.165, 1.54) is 22.5 Å². The van der Waals surface area contributed by atoms with Crippen molar-refractivity contribution < 1.29 is 41.9 Å². The minimum atomic E-state index is -3.94. The lowest BCUT2D eigenvalue weighted by atomic mass is 9.87. The minimum Gasteiger partial charge on any atom is -0.479 e. The summed E-state index contributed by atoms with van der Waals surface area (Å²) in [7, 11) is -3.94. The van der Waals surface area contributed by atoms with Gasteiger partial charge in [0.2, 0.25) is 10.0 Å². The molecular weight excluding hydrogens is 782 g/mol. The van der Waals surface area contributed by atoms with Gasteiger partial charge in [-0.3, -0.25) is 14.9 Å². The largest absolute Gasteiger partial charge is 0.479 e. The molecule has 16 heteroatoms. The summed E-state index contributed by atoms with van der Waals surface area (Å²) in [5.74, 6) is -2.09. The monoisotopic (exact) mass is 825 g/mol. The number of carbonyl (C=O) groups is 3. The summed E-state index contributed by atoms with van der Waals surface area (Å²) in [6, 6.07) is 20.9. The maximum absolute atomic E-state index is 14.5. The lowest BCUT2D eigenvalue weighted by molar-refractivity contribution is -0.384. The number of hydrogen-bond donors (Lipinski definition) is 0. The summed E-state index contributed by atoms with van der Waals surface area (Å²) in [5, 5.41) is 11.4. The maximum atomic E-state index is 14.5. The van der Waals surface area contributed by atoms with Gasteiger partial charge in [-0.25, -0.2) is 18.0 Å². The quantitative estimate of drug-likeness (QED) is 0.0728. The Morgan fingerprint density at radius 3 is 2.38 bits per heavy atom. The standard InChI is InChI=1S/C40H44ClN3O10S2/c1-7-52-32(45)24-53-34-33(41)35(55-36(34)38(47)54-39(2,3)4)28-16-12-17-29(22-28)43(37(46)27-14-9-8-10-15-27)31-19-20-42(40(5,6)23-31)56(50,51)25-26-13-11-18-30(21-26)44(48)49/h8-18,21-22,31H,7,19-20,23-25H2,1-6H3.